The second kappa shape index (κ2) is 9.67. The van der Waals surface area contributed by atoms with Crippen molar-refractivity contribution in [1.82, 2.24) is 19.8 Å². The molecule has 3 aromatic rings. The molecule has 0 aliphatic rings. The summed E-state index contributed by atoms with van der Waals surface area (Å²) < 4.78 is 7.05. The van der Waals surface area contributed by atoms with E-state index in [2.05, 4.69) is 29.0 Å². The van der Waals surface area contributed by atoms with Gasteiger partial charge in [0.25, 0.3) is 11.5 Å². The highest BCUT2D eigenvalue weighted by atomic mass is 32.1. The number of benzene rings is 1. The SMILES string of the molecule is CCN(CC)CCCNC(=O)c1ccc2c(=O)n(Cc3ccco3)c(=S)[nH]c2c1. The van der Waals surface area contributed by atoms with Crippen molar-refractivity contribution in [2.24, 2.45) is 0 Å². The molecule has 8 heteroatoms. The third kappa shape index (κ3) is 5.02. The predicted molar refractivity (Wildman–Crippen MR) is 116 cm³/mol. The standard InChI is InChI=1S/C21H26N4O3S/c1-3-24(4-2)11-6-10-22-19(26)15-8-9-17-18(13-15)23-21(29)25(20(17)27)14-16-7-5-12-28-16/h5,7-9,12-13H,3-4,6,10-11,14H2,1-2H3,(H,22,26)(H,23,29). The van der Waals surface area contributed by atoms with E-state index in [0.717, 1.165) is 26.1 Å². The molecule has 2 N–H and O–H groups in total. The molecule has 0 spiro atoms. The van der Waals surface area contributed by atoms with Crippen LogP contribution in [0.3, 0.4) is 0 Å². The average Bonchev–Trinajstić information content (AvgIpc) is 3.24. The van der Waals surface area contributed by atoms with Crippen molar-refractivity contribution in [2.75, 3.05) is 26.2 Å². The summed E-state index contributed by atoms with van der Waals surface area (Å²) in [5.74, 6) is 0.484. The minimum Gasteiger partial charge on any atom is -0.467 e. The van der Waals surface area contributed by atoms with E-state index in [1.54, 1.807) is 36.6 Å². The number of nitrogens with zero attached hydrogens (tertiary/aromatic N) is 2. The van der Waals surface area contributed by atoms with Crippen molar-refractivity contribution in [1.29, 1.82) is 0 Å². The van der Waals surface area contributed by atoms with Gasteiger partial charge in [0.15, 0.2) is 4.77 Å². The number of hydrogen-bond acceptors (Lipinski definition) is 5. The number of nitrogens with one attached hydrogen (secondary N) is 2. The van der Waals surface area contributed by atoms with E-state index in [-0.39, 0.29) is 22.8 Å². The molecule has 0 fully saturated rings. The number of aromatic amines is 1. The van der Waals surface area contributed by atoms with Crippen LogP contribution >= 0.6 is 12.2 Å². The van der Waals surface area contributed by atoms with Crippen LogP contribution in [0.15, 0.2) is 45.8 Å². The van der Waals surface area contributed by atoms with Crippen molar-refractivity contribution in [3.63, 3.8) is 0 Å². The van der Waals surface area contributed by atoms with E-state index < -0.39 is 0 Å². The quantitative estimate of drug-likeness (QED) is 0.415. The lowest BCUT2D eigenvalue weighted by molar-refractivity contribution is 0.0952. The van der Waals surface area contributed by atoms with Gasteiger partial charge in [-0.2, -0.15) is 0 Å². The summed E-state index contributed by atoms with van der Waals surface area (Å²) in [6, 6.07) is 8.55. The fraction of sp³-hybridized carbons (Fsp3) is 0.381. The molecule has 0 atom stereocenters. The zero-order chi connectivity index (χ0) is 20.8. The number of carbonyl (C=O) groups is 1. The summed E-state index contributed by atoms with van der Waals surface area (Å²) in [5, 5.41) is 3.41. The lowest BCUT2D eigenvalue weighted by atomic mass is 10.1. The van der Waals surface area contributed by atoms with Crippen molar-refractivity contribution in [3.8, 4) is 0 Å². The molecule has 3 rings (SSSR count). The molecule has 7 nitrogen and oxygen atoms in total. The van der Waals surface area contributed by atoms with Crippen LogP contribution in [0.25, 0.3) is 10.9 Å². The summed E-state index contributed by atoms with van der Waals surface area (Å²) >= 11 is 5.34. The summed E-state index contributed by atoms with van der Waals surface area (Å²) in [7, 11) is 0. The zero-order valence-electron chi connectivity index (χ0n) is 16.7. The van der Waals surface area contributed by atoms with Gasteiger partial charge in [-0.3, -0.25) is 14.2 Å². The average molecular weight is 415 g/mol. The molecule has 0 aliphatic heterocycles. The van der Waals surface area contributed by atoms with E-state index in [1.165, 1.54) is 4.57 Å². The highest BCUT2D eigenvalue weighted by molar-refractivity contribution is 7.71. The molecular weight excluding hydrogens is 388 g/mol. The Balaban J connectivity index is 1.74. The lowest BCUT2D eigenvalue weighted by Gasteiger charge is -2.17. The van der Waals surface area contributed by atoms with E-state index in [1.807, 2.05) is 0 Å². The molecule has 0 aliphatic carbocycles. The number of aromatic nitrogens is 2. The number of carbonyl (C=O) groups excluding carboxylic acids is 1. The normalized spacial score (nSPS) is 11.3. The minimum atomic E-state index is -0.216. The van der Waals surface area contributed by atoms with Crippen molar-refractivity contribution < 1.29 is 9.21 Å². The van der Waals surface area contributed by atoms with Gasteiger partial charge in [-0.25, -0.2) is 0 Å². The number of hydrogen-bond donors (Lipinski definition) is 2. The predicted octanol–water partition coefficient (Wildman–Crippen LogP) is 3.16. The van der Waals surface area contributed by atoms with Crippen molar-refractivity contribution >= 4 is 29.0 Å². The Kier molecular flexibility index (Phi) is 7.00. The molecular formula is C21H26N4O3S. The Hall–Kier alpha value is -2.71. The van der Waals surface area contributed by atoms with Crippen LogP contribution in [-0.4, -0.2) is 46.5 Å². The Bertz CT molecular complexity index is 1080. The number of rotatable bonds is 9. The van der Waals surface area contributed by atoms with E-state index in [0.29, 0.717) is 28.8 Å². The van der Waals surface area contributed by atoms with Crippen LogP contribution in [0, 0.1) is 4.77 Å². The monoisotopic (exact) mass is 414 g/mol. The molecule has 0 radical (unpaired) electrons. The lowest BCUT2D eigenvalue weighted by Crippen LogP contribution is -2.30. The second-order valence-corrected chi connectivity index (χ2v) is 7.18. The smallest absolute Gasteiger partial charge is 0.262 e. The van der Waals surface area contributed by atoms with Gasteiger partial charge in [-0.15, -0.1) is 0 Å². The third-order valence-electron chi connectivity index (χ3n) is 4.97. The van der Waals surface area contributed by atoms with E-state index in [4.69, 9.17) is 16.6 Å². The molecule has 2 heterocycles. The number of furan rings is 1. The molecule has 0 unspecified atom stereocenters. The summed E-state index contributed by atoms with van der Waals surface area (Å²) in [4.78, 5) is 30.6. The van der Waals surface area contributed by atoms with Gasteiger partial charge in [0.1, 0.15) is 5.76 Å². The summed E-state index contributed by atoms with van der Waals surface area (Å²) in [6.45, 7) is 8.08. The summed E-state index contributed by atoms with van der Waals surface area (Å²) in [6.07, 6.45) is 2.45. The number of amides is 1. The Morgan fingerprint density at radius 1 is 1.28 bits per heavy atom. The largest absolute Gasteiger partial charge is 0.467 e. The molecule has 1 aromatic carbocycles. The van der Waals surface area contributed by atoms with Gasteiger partial charge < -0.3 is 19.6 Å². The van der Waals surface area contributed by atoms with Crippen LogP contribution < -0.4 is 10.9 Å². The molecule has 154 valence electrons. The minimum absolute atomic E-state index is 0.162. The Labute approximate surface area is 174 Å². The molecule has 0 saturated heterocycles. The maximum absolute atomic E-state index is 12.8. The first kappa shape index (κ1) is 21.0. The number of H-pyrrole nitrogens is 1. The first-order valence-electron chi connectivity index (χ1n) is 9.83. The number of fused-ring (bicyclic) bond motifs is 1. The van der Waals surface area contributed by atoms with Gasteiger partial charge in [0.05, 0.1) is 23.7 Å². The molecule has 0 bridgehead atoms. The molecule has 2 aromatic heterocycles. The van der Waals surface area contributed by atoms with Gasteiger partial charge >= 0.3 is 0 Å². The molecule has 1 amide bonds. The highest BCUT2D eigenvalue weighted by Crippen LogP contribution is 2.12. The zero-order valence-corrected chi connectivity index (χ0v) is 17.6. The van der Waals surface area contributed by atoms with E-state index >= 15 is 0 Å². The van der Waals surface area contributed by atoms with Crippen LogP contribution in [0.5, 0.6) is 0 Å². The summed E-state index contributed by atoms with van der Waals surface area (Å²) in [5.41, 5.74) is 0.826. The first-order valence-corrected chi connectivity index (χ1v) is 10.2. The fourth-order valence-electron chi connectivity index (χ4n) is 3.24. The second-order valence-electron chi connectivity index (χ2n) is 6.80. The van der Waals surface area contributed by atoms with Gasteiger partial charge in [-0.05, 0) is 68.6 Å². The van der Waals surface area contributed by atoms with Crippen LogP contribution in [0.2, 0.25) is 0 Å². The Morgan fingerprint density at radius 3 is 2.76 bits per heavy atom. The Morgan fingerprint density at radius 2 is 2.07 bits per heavy atom. The van der Waals surface area contributed by atoms with Gasteiger partial charge in [-0.1, -0.05) is 13.8 Å². The molecule has 0 saturated carbocycles. The fourth-order valence-corrected chi connectivity index (χ4v) is 3.50. The van der Waals surface area contributed by atoms with Crippen molar-refractivity contribution in [3.05, 3.63) is 63.0 Å². The van der Waals surface area contributed by atoms with Crippen molar-refractivity contribution in [2.45, 2.75) is 26.8 Å². The third-order valence-corrected chi connectivity index (χ3v) is 5.29. The first-order chi connectivity index (χ1) is 14.0. The topological polar surface area (TPSA) is 83.3 Å². The van der Waals surface area contributed by atoms with Crippen LogP contribution in [-0.2, 0) is 6.54 Å². The van der Waals surface area contributed by atoms with E-state index in [9.17, 15) is 9.59 Å². The maximum Gasteiger partial charge on any atom is 0.262 e. The van der Waals surface area contributed by atoms with Gasteiger partial charge in [0.2, 0.25) is 0 Å². The van der Waals surface area contributed by atoms with Crippen LogP contribution in [0.4, 0.5) is 0 Å². The maximum atomic E-state index is 12.8. The highest BCUT2D eigenvalue weighted by Gasteiger charge is 2.11. The molecule has 29 heavy (non-hydrogen) atoms. The van der Waals surface area contributed by atoms with Crippen LogP contribution in [0.1, 0.15) is 36.4 Å². The van der Waals surface area contributed by atoms with Gasteiger partial charge in [0, 0.05) is 12.1 Å².